The third-order valence-corrected chi connectivity index (χ3v) is 3.83. The van der Waals surface area contributed by atoms with E-state index in [0.29, 0.717) is 6.54 Å². The van der Waals surface area contributed by atoms with Crippen LogP contribution in [0.4, 0.5) is 5.69 Å². The summed E-state index contributed by atoms with van der Waals surface area (Å²) in [6.07, 6.45) is 0. The van der Waals surface area contributed by atoms with Crippen LogP contribution in [0.1, 0.15) is 25.0 Å². The van der Waals surface area contributed by atoms with E-state index >= 15 is 0 Å². The summed E-state index contributed by atoms with van der Waals surface area (Å²) in [5, 5.41) is 0. The largest absolute Gasteiger partial charge is 0.371 e. The molecular weight excluding hydrogens is 196 g/mol. The minimum atomic E-state index is 0.633. The van der Waals surface area contributed by atoms with Gasteiger partial charge in [-0.25, -0.2) is 0 Å². The smallest absolute Gasteiger partial charge is 0.0396 e. The second kappa shape index (κ2) is 4.46. The van der Waals surface area contributed by atoms with Gasteiger partial charge in [-0.15, -0.1) is 0 Å². The minimum Gasteiger partial charge on any atom is -0.371 e. The van der Waals surface area contributed by atoms with Gasteiger partial charge in [-0.2, -0.15) is 0 Å². The maximum absolute atomic E-state index is 5.65. The van der Waals surface area contributed by atoms with E-state index in [1.54, 1.807) is 0 Å². The Bertz CT molecular complexity index is 363. The molecule has 88 valence electrons. The van der Waals surface area contributed by atoms with Gasteiger partial charge < -0.3 is 10.6 Å². The molecule has 0 amide bonds. The number of nitrogens with two attached hydrogens (primary N) is 1. The molecule has 2 atom stereocenters. The highest BCUT2D eigenvalue weighted by molar-refractivity contribution is 5.55. The molecule has 2 unspecified atom stereocenters. The van der Waals surface area contributed by atoms with Crippen molar-refractivity contribution in [2.75, 3.05) is 18.0 Å². The van der Waals surface area contributed by atoms with Gasteiger partial charge in [0.1, 0.15) is 0 Å². The lowest BCUT2D eigenvalue weighted by molar-refractivity contribution is 0.494. The van der Waals surface area contributed by atoms with E-state index in [9.17, 15) is 0 Å². The maximum Gasteiger partial charge on any atom is 0.0396 e. The molecule has 1 aromatic rings. The molecule has 1 fully saturated rings. The SMILES string of the molecule is Cc1cc(CN)ccc1N1CC(C)C(C)C1. The molecule has 0 radical (unpaired) electrons. The predicted molar refractivity (Wildman–Crippen MR) is 69.6 cm³/mol. The summed E-state index contributed by atoms with van der Waals surface area (Å²) in [6, 6.07) is 6.58. The van der Waals surface area contributed by atoms with Crippen molar-refractivity contribution < 1.29 is 0 Å². The van der Waals surface area contributed by atoms with Gasteiger partial charge in [0.15, 0.2) is 0 Å². The first-order valence-corrected chi connectivity index (χ1v) is 6.16. The molecule has 1 heterocycles. The number of hydrogen-bond donors (Lipinski definition) is 1. The normalized spacial score (nSPS) is 25.1. The second-order valence-corrected chi connectivity index (χ2v) is 5.18. The average Bonchev–Trinajstić information content (AvgIpc) is 2.58. The van der Waals surface area contributed by atoms with Crippen molar-refractivity contribution in [1.29, 1.82) is 0 Å². The summed E-state index contributed by atoms with van der Waals surface area (Å²) < 4.78 is 0. The third kappa shape index (κ3) is 2.07. The number of rotatable bonds is 2. The van der Waals surface area contributed by atoms with Crippen molar-refractivity contribution in [1.82, 2.24) is 0 Å². The van der Waals surface area contributed by atoms with Crippen LogP contribution in [-0.2, 0) is 6.54 Å². The van der Waals surface area contributed by atoms with Crippen LogP contribution in [0.3, 0.4) is 0 Å². The highest BCUT2D eigenvalue weighted by Gasteiger charge is 2.26. The molecule has 1 aromatic carbocycles. The van der Waals surface area contributed by atoms with Crippen molar-refractivity contribution in [3.63, 3.8) is 0 Å². The van der Waals surface area contributed by atoms with E-state index in [1.807, 2.05) is 0 Å². The van der Waals surface area contributed by atoms with Crippen molar-refractivity contribution >= 4 is 5.69 Å². The summed E-state index contributed by atoms with van der Waals surface area (Å²) in [6.45, 7) is 9.87. The molecule has 0 spiro atoms. The lowest BCUT2D eigenvalue weighted by Gasteiger charge is -2.21. The second-order valence-electron chi connectivity index (χ2n) is 5.18. The Kier molecular flexibility index (Phi) is 3.20. The van der Waals surface area contributed by atoms with Crippen LogP contribution in [0.15, 0.2) is 18.2 Å². The third-order valence-electron chi connectivity index (χ3n) is 3.83. The molecule has 0 saturated carbocycles. The van der Waals surface area contributed by atoms with Crippen molar-refractivity contribution in [2.45, 2.75) is 27.3 Å². The summed E-state index contributed by atoms with van der Waals surface area (Å²) in [5.74, 6) is 1.60. The van der Waals surface area contributed by atoms with Gasteiger partial charge >= 0.3 is 0 Å². The molecule has 0 aromatic heterocycles. The van der Waals surface area contributed by atoms with E-state index in [4.69, 9.17) is 5.73 Å². The lowest BCUT2D eigenvalue weighted by atomic mass is 10.0. The van der Waals surface area contributed by atoms with E-state index in [2.05, 4.69) is 43.9 Å². The van der Waals surface area contributed by atoms with Gasteiger partial charge in [-0.3, -0.25) is 0 Å². The van der Waals surface area contributed by atoms with Crippen LogP contribution < -0.4 is 10.6 Å². The Morgan fingerprint density at radius 3 is 2.38 bits per heavy atom. The summed E-state index contributed by atoms with van der Waals surface area (Å²) in [4.78, 5) is 2.50. The Morgan fingerprint density at radius 1 is 1.25 bits per heavy atom. The Labute approximate surface area is 98.4 Å². The first-order valence-electron chi connectivity index (χ1n) is 6.16. The zero-order valence-electron chi connectivity index (χ0n) is 10.5. The zero-order valence-corrected chi connectivity index (χ0v) is 10.5. The Morgan fingerprint density at radius 2 is 1.88 bits per heavy atom. The van der Waals surface area contributed by atoms with Crippen LogP contribution in [0.2, 0.25) is 0 Å². The standard InChI is InChI=1S/C14H22N2/c1-10-6-13(7-15)4-5-14(10)16-8-11(2)12(3)9-16/h4-6,11-12H,7-9,15H2,1-3H3. The zero-order chi connectivity index (χ0) is 11.7. The van der Waals surface area contributed by atoms with Crippen LogP contribution in [-0.4, -0.2) is 13.1 Å². The molecule has 16 heavy (non-hydrogen) atoms. The van der Waals surface area contributed by atoms with Gasteiger partial charge in [-0.05, 0) is 36.0 Å². The number of hydrogen-bond acceptors (Lipinski definition) is 2. The molecule has 2 heteroatoms. The number of nitrogens with zero attached hydrogens (tertiary/aromatic N) is 1. The molecular formula is C14H22N2. The lowest BCUT2D eigenvalue weighted by Crippen LogP contribution is -2.20. The fraction of sp³-hybridized carbons (Fsp3) is 0.571. The number of aryl methyl sites for hydroxylation is 1. The van der Waals surface area contributed by atoms with E-state index < -0.39 is 0 Å². The molecule has 0 bridgehead atoms. The number of anilines is 1. The summed E-state index contributed by atoms with van der Waals surface area (Å²) >= 11 is 0. The maximum atomic E-state index is 5.65. The fourth-order valence-corrected chi connectivity index (χ4v) is 2.53. The first kappa shape index (κ1) is 11.5. The molecule has 2 nitrogen and oxygen atoms in total. The van der Waals surface area contributed by atoms with Gasteiger partial charge in [-0.1, -0.05) is 26.0 Å². The highest BCUT2D eigenvalue weighted by atomic mass is 15.2. The van der Waals surface area contributed by atoms with Gasteiger partial charge in [0, 0.05) is 25.3 Å². The molecule has 2 rings (SSSR count). The molecule has 1 saturated heterocycles. The Hall–Kier alpha value is -1.02. The van der Waals surface area contributed by atoms with Crippen molar-refractivity contribution in [2.24, 2.45) is 17.6 Å². The van der Waals surface area contributed by atoms with Gasteiger partial charge in [0.2, 0.25) is 0 Å². The average molecular weight is 218 g/mol. The first-order chi connectivity index (χ1) is 7.61. The molecule has 1 aliphatic heterocycles. The topological polar surface area (TPSA) is 29.3 Å². The minimum absolute atomic E-state index is 0.633. The fourth-order valence-electron chi connectivity index (χ4n) is 2.53. The molecule has 0 aliphatic carbocycles. The van der Waals surface area contributed by atoms with Gasteiger partial charge in [0.05, 0.1) is 0 Å². The van der Waals surface area contributed by atoms with Gasteiger partial charge in [0.25, 0.3) is 0 Å². The van der Waals surface area contributed by atoms with Crippen molar-refractivity contribution in [3.05, 3.63) is 29.3 Å². The molecule has 1 aliphatic rings. The molecule has 2 N–H and O–H groups in total. The van der Waals surface area contributed by atoms with Crippen LogP contribution >= 0.6 is 0 Å². The van der Waals surface area contributed by atoms with E-state index in [-0.39, 0.29) is 0 Å². The van der Waals surface area contributed by atoms with E-state index in [1.165, 1.54) is 29.9 Å². The van der Waals surface area contributed by atoms with Crippen molar-refractivity contribution in [3.8, 4) is 0 Å². The summed E-state index contributed by atoms with van der Waals surface area (Å²) in [7, 11) is 0. The monoisotopic (exact) mass is 218 g/mol. The number of benzene rings is 1. The van der Waals surface area contributed by atoms with Crippen LogP contribution in [0.5, 0.6) is 0 Å². The van der Waals surface area contributed by atoms with E-state index in [0.717, 1.165) is 11.8 Å². The predicted octanol–water partition coefficient (Wildman–Crippen LogP) is 2.55. The van der Waals surface area contributed by atoms with Crippen LogP contribution in [0.25, 0.3) is 0 Å². The van der Waals surface area contributed by atoms with Crippen LogP contribution in [0, 0.1) is 18.8 Å². The quantitative estimate of drug-likeness (QED) is 0.826. The highest BCUT2D eigenvalue weighted by Crippen LogP contribution is 2.30. The summed E-state index contributed by atoms with van der Waals surface area (Å²) in [5.41, 5.74) is 9.61. The Balaban J connectivity index is 2.22.